The predicted molar refractivity (Wildman–Crippen MR) is 201 cm³/mol. The average molecular weight is 720 g/mol. The quantitative estimate of drug-likeness (QED) is 0.140. The molecule has 1 aromatic heterocycles. The largest absolute Gasteiger partial charge is 0.497 e. The van der Waals surface area contributed by atoms with Crippen molar-refractivity contribution >= 4 is 11.7 Å². The molecule has 0 aliphatic carbocycles. The number of hydrogen-bond donors (Lipinski definition) is 3. The van der Waals surface area contributed by atoms with Crippen LogP contribution in [0.5, 0.6) is 17.2 Å². The van der Waals surface area contributed by atoms with Crippen LogP contribution in [0, 0.1) is 0 Å². The first kappa shape index (κ1) is 37.3. The van der Waals surface area contributed by atoms with Gasteiger partial charge in [-0.05, 0) is 70.1 Å². The summed E-state index contributed by atoms with van der Waals surface area (Å²) in [6.07, 6.45) is -3.14. The highest BCUT2D eigenvalue weighted by molar-refractivity contribution is 5.90. The first-order valence-electron chi connectivity index (χ1n) is 17.4. The second-order valence-corrected chi connectivity index (χ2v) is 14.0. The molecule has 2 heterocycles. The predicted octanol–water partition coefficient (Wildman–Crippen LogP) is 5.62. The van der Waals surface area contributed by atoms with Gasteiger partial charge in [0.05, 0.1) is 25.7 Å². The van der Waals surface area contributed by atoms with Crippen molar-refractivity contribution in [2.75, 3.05) is 26.1 Å². The summed E-state index contributed by atoms with van der Waals surface area (Å²) >= 11 is 0. The number of benzene rings is 4. The number of hydrogen-bond acceptors (Lipinski definition) is 9. The molecule has 0 bridgehead atoms. The van der Waals surface area contributed by atoms with E-state index >= 15 is 0 Å². The molecule has 1 unspecified atom stereocenters. The minimum Gasteiger partial charge on any atom is -0.497 e. The number of amides is 1. The lowest BCUT2D eigenvalue weighted by atomic mass is 9.64. The van der Waals surface area contributed by atoms with E-state index in [1.165, 1.54) is 16.8 Å². The Balaban J connectivity index is 1.24. The maximum absolute atomic E-state index is 13.3. The van der Waals surface area contributed by atoms with Crippen LogP contribution in [0.2, 0.25) is 0 Å². The molecule has 3 N–H and O–H groups in total. The molecule has 6 rings (SSSR count). The lowest BCUT2D eigenvalue weighted by Gasteiger charge is -2.43. The summed E-state index contributed by atoms with van der Waals surface area (Å²) in [4.78, 5) is 30.0. The Morgan fingerprint density at radius 3 is 1.89 bits per heavy atom. The number of aliphatic hydroxyl groups excluding tert-OH is 2. The van der Waals surface area contributed by atoms with Gasteiger partial charge in [-0.25, -0.2) is 4.79 Å². The van der Waals surface area contributed by atoms with E-state index in [1.54, 1.807) is 14.2 Å². The van der Waals surface area contributed by atoms with Crippen molar-refractivity contribution < 1.29 is 34.0 Å². The van der Waals surface area contributed by atoms with Crippen LogP contribution < -0.4 is 25.2 Å². The second-order valence-electron chi connectivity index (χ2n) is 14.0. The topological polar surface area (TPSA) is 141 Å². The van der Waals surface area contributed by atoms with Crippen molar-refractivity contribution in [2.45, 2.75) is 62.6 Å². The van der Waals surface area contributed by atoms with Gasteiger partial charge in [0.15, 0.2) is 6.61 Å². The van der Waals surface area contributed by atoms with Crippen molar-refractivity contribution in [3.63, 3.8) is 0 Å². The van der Waals surface area contributed by atoms with Gasteiger partial charge in [-0.1, -0.05) is 87.5 Å². The molecule has 11 nitrogen and oxygen atoms in total. The molecule has 0 spiro atoms. The summed E-state index contributed by atoms with van der Waals surface area (Å²) in [6, 6.07) is 33.3. The van der Waals surface area contributed by atoms with Gasteiger partial charge in [0.2, 0.25) is 0 Å². The third-order valence-corrected chi connectivity index (χ3v) is 9.71. The molecule has 1 fully saturated rings. The molecule has 11 heteroatoms. The summed E-state index contributed by atoms with van der Waals surface area (Å²) in [7, 11) is 3.17. The van der Waals surface area contributed by atoms with Crippen LogP contribution >= 0.6 is 0 Å². The van der Waals surface area contributed by atoms with E-state index < -0.39 is 41.6 Å². The Bertz CT molecular complexity index is 2000. The number of aliphatic hydroxyl groups is 2. The number of carbonyl (C=O) groups is 1. The van der Waals surface area contributed by atoms with Crippen molar-refractivity contribution in [3.05, 3.63) is 148 Å². The van der Waals surface area contributed by atoms with Crippen LogP contribution in [-0.2, 0) is 20.4 Å². The fraction of sp³-hybridized carbons (Fsp3) is 0.310. The minimum absolute atomic E-state index is 0.00690. The molecule has 1 amide bonds. The molecule has 4 aromatic carbocycles. The highest BCUT2D eigenvalue weighted by Crippen LogP contribution is 2.47. The number of nitrogens with one attached hydrogen (secondary N) is 1. The van der Waals surface area contributed by atoms with Gasteiger partial charge in [0.1, 0.15) is 41.5 Å². The fourth-order valence-electron chi connectivity index (χ4n) is 6.88. The molecule has 4 atom stereocenters. The molecule has 1 aliphatic heterocycles. The van der Waals surface area contributed by atoms with Gasteiger partial charge < -0.3 is 34.5 Å². The second kappa shape index (κ2) is 15.6. The first-order valence-corrected chi connectivity index (χ1v) is 17.4. The molecule has 1 saturated heterocycles. The standard InChI is InChI=1S/C42H45N3O8/c1-41(2,3)27-11-21-33(22-12-27)52-26-36(47)43-35-23-24-45(40(49)44-35)37-25-34(46)38(53-37)39(48)42(28-9-7-6-8-10-28,29-13-17-31(50-4)18-14-29)30-15-19-32(51-5)20-16-30/h6-24,34,37-39,46,48H,25-26H2,1-5H3,(H,43,44,47,49)/t34-,37+,38-,39?/m0/s1. The van der Waals surface area contributed by atoms with E-state index in [9.17, 15) is 19.8 Å². The number of methoxy groups -OCH3 is 2. The van der Waals surface area contributed by atoms with Crippen LogP contribution in [0.25, 0.3) is 0 Å². The monoisotopic (exact) mass is 719 g/mol. The molecule has 0 saturated carbocycles. The molecular formula is C42H45N3O8. The van der Waals surface area contributed by atoms with Crippen molar-refractivity contribution in [1.82, 2.24) is 9.55 Å². The van der Waals surface area contributed by atoms with Crippen molar-refractivity contribution in [2.24, 2.45) is 0 Å². The Morgan fingerprint density at radius 1 is 0.830 bits per heavy atom. The highest BCUT2D eigenvalue weighted by Gasteiger charge is 2.52. The maximum Gasteiger partial charge on any atom is 0.351 e. The maximum atomic E-state index is 13.3. The summed E-state index contributed by atoms with van der Waals surface area (Å²) in [5.74, 6) is 1.38. The zero-order valence-corrected chi connectivity index (χ0v) is 30.4. The summed E-state index contributed by atoms with van der Waals surface area (Å²) in [5.41, 5.74) is 1.40. The SMILES string of the molecule is COc1ccc(C(c2ccccc2)(c2ccc(OC)cc2)C(O)[C@H]2O[C@@H](n3ccc(NC(=O)COc4ccc(C(C)(C)C)cc4)nc3=O)C[C@@H]2O)cc1. The number of anilines is 1. The summed E-state index contributed by atoms with van der Waals surface area (Å²) in [6.45, 7) is 6.07. The smallest absolute Gasteiger partial charge is 0.351 e. The zero-order chi connectivity index (χ0) is 37.8. The van der Waals surface area contributed by atoms with Gasteiger partial charge >= 0.3 is 5.69 Å². The van der Waals surface area contributed by atoms with Crippen molar-refractivity contribution in [3.8, 4) is 17.2 Å². The van der Waals surface area contributed by atoms with Crippen LogP contribution in [-0.4, -0.2) is 64.8 Å². The molecule has 276 valence electrons. The zero-order valence-electron chi connectivity index (χ0n) is 30.4. The number of nitrogens with zero attached hydrogens (tertiary/aromatic N) is 2. The third kappa shape index (κ3) is 7.83. The first-order chi connectivity index (χ1) is 25.4. The van der Waals surface area contributed by atoms with Gasteiger partial charge in [-0.2, -0.15) is 4.98 Å². The Labute approximate surface area is 308 Å². The van der Waals surface area contributed by atoms with Crippen LogP contribution in [0.15, 0.2) is 120 Å². The lowest BCUT2D eigenvalue weighted by molar-refractivity contribution is -0.118. The van der Waals surface area contributed by atoms with Crippen LogP contribution in [0.1, 0.15) is 55.7 Å². The number of ether oxygens (including phenoxy) is 4. The van der Waals surface area contributed by atoms with Crippen molar-refractivity contribution in [1.29, 1.82) is 0 Å². The summed E-state index contributed by atoms with van der Waals surface area (Å²) in [5, 5.41) is 26.7. The highest BCUT2D eigenvalue weighted by atomic mass is 16.5. The molecule has 53 heavy (non-hydrogen) atoms. The van der Waals surface area contributed by atoms with E-state index in [0.29, 0.717) is 17.2 Å². The normalized spacial score (nSPS) is 17.9. The lowest BCUT2D eigenvalue weighted by Crippen LogP contribution is -2.51. The molecule has 0 radical (unpaired) electrons. The fourth-order valence-corrected chi connectivity index (χ4v) is 6.88. The Hall–Kier alpha value is -5.49. The van der Waals surface area contributed by atoms with Gasteiger partial charge in [0, 0.05) is 12.6 Å². The van der Waals surface area contributed by atoms with Gasteiger partial charge in [-0.15, -0.1) is 0 Å². The van der Waals surface area contributed by atoms with Crippen LogP contribution in [0.4, 0.5) is 5.82 Å². The van der Waals surface area contributed by atoms with Gasteiger partial charge in [0.25, 0.3) is 5.91 Å². The molecular weight excluding hydrogens is 674 g/mol. The van der Waals surface area contributed by atoms with E-state index in [-0.39, 0.29) is 24.3 Å². The van der Waals surface area contributed by atoms with E-state index in [0.717, 1.165) is 22.3 Å². The number of rotatable bonds is 12. The number of aromatic nitrogens is 2. The van der Waals surface area contributed by atoms with Crippen LogP contribution in [0.3, 0.4) is 0 Å². The molecule has 5 aromatic rings. The average Bonchev–Trinajstić information content (AvgIpc) is 3.55. The van der Waals surface area contributed by atoms with Gasteiger partial charge in [-0.3, -0.25) is 9.36 Å². The van der Waals surface area contributed by atoms with E-state index in [4.69, 9.17) is 18.9 Å². The minimum atomic E-state index is -1.35. The summed E-state index contributed by atoms with van der Waals surface area (Å²) < 4.78 is 24.1. The van der Waals surface area contributed by atoms with E-state index in [1.807, 2.05) is 103 Å². The molecule has 1 aliphatic rings. The Morgan fingerprint density at radius 2 is 1.36 bits per heavy atom. The third-order valence-electron chi connectivity index (χ3n) is 9.71. The van der Waals surface area contributed by atoms with E-state index in [2.05, 4.69) is 31.1 Å². The number of carbonyl (C=O) groups excluding carboxylic acids is 1. The Kier molecular flexibility index (Phi) is 11.0.